The first-order valence-corrected chi connectivity index (χ1v) is 58.2. The van der Waals surface area contributed by atoms with Crippen LogP contribution in [0.4, 0.5) is 0 Å². The number of rotatable bonds is 60. The number of unbranched alkanes of at least 4 members (excludes halogenated alkanes) is 15. The van der Waals surface area contributed by atoms with Gasteiger partial charge in [-0.15, -0.1) is 0 Å². The highest BCUT2D eigenvalue weighted by molar-refractivity contribution is 7.54. The van der Waals surface area contributed by atoms with E-state index in [9.17, 15) is 23.7 Å². The van der Waals surface area contributed by atoms with Crippen LogP contribution in [-0.2, 0) is 42.3 Å². The van der Waals surface area contributed by atoms with Crippen LogP contribution in [0.3, 0.4) is 0 Å². The minimum atomic E-state index is -3.13. The number of hydrogen-bond acceptors (Lipinski definition) is 16. The Kier molecular flexibility index (Phi) is 74.8. The molecule has 5 rings (SSSR count). The highest BCUT2D eigenvalue weighted by Gasteiger charge is 2.27. The van der Waals surface area contributed by atoms with E-state index in [1.807, 2.05) is 64.1 Å². The molecular formula is C132H201N2O15P. The van der Waals surface area contributed by atoms with E-state index in [2.05, 4.69) is 272 Å². The number of carboxylic acids is 1. The van der Waals surface area contributed by atoms with Crippen molar-refractivity contribution >= 4 is 54.1 Å². The van der Waals surface area contributed by atoms with Gasteiger partial charge in [0.15, 0.2) is 6.07 Å². The smallest absolute Gasteiger partial charge is 0.334 e. The van der Waals surface area contributed by atoms with E-state index in [0.29, 0.717) is 103 Å². The lowest BCUT2D eigenvalue weighted by atomic mass is 9.89. The molecule has 0 saturated carbocycles. The summed E-state index contributed by atoms with van der Waals surface area (Å²) in [6.45, 7) is 80.8. The van der Waals surface area contributed by atoms with Gasteiger partial charge in [0.2, 0.25) is 0 Å². The molecule has 0 heterocycles. The largest absolute Gasteiger partial charge is 0.493 e. The molecule has 0 aromatic heterocycles. The summed E-state index contributed by atoms with van der Waals surface area (Å²) in [6, 6.07) is 26.4. The van der Waals surface area contributed by atoms with Gasteiger partial charge in [-0.3, -0.25) is 9.36 Å². The van der Waals surface area contributed by atoms with Crippen molar-refractivity contribution in [1.29, 1.82) is 10.5 Å². The number of benzene rings is 5. The van der Waals surface area contributed by atoms with Gasteiger partial charge in [-0.2, -0.15) is 10.5 Å². The Morgan fingerprint density at radius 2 is 0.627 bits per heavy atom. The molecule has 0 aliphatic heterocycles. The van der Waals surface area contributed by atoms with Gasteiger partial charge >= 0.3 is 25.5 Å². The molecule has 17 nitrogen and oxygen atoms in total. The van der Waals surface area contributed by atoms with E-state index in [1.54, 1.807) is 46.8 Å². The number of hydrogen-bond donors (Lipinski definition) is 1. The molecule has 0 aliphatic rings. The Morgan fingerprint density at radius 3 is 0.893 bits per heavy atom. The number of aliphatic carboxylic acids is 1. The molecule has 150 heavy (non-hydrogen) atoms. The summed E-state index contributed by atoms with van der Waals surface area (Å²) in [6.07, 6.45) is 43.8. The molecule has 0 unspecified atom stereocenters. The van der Waals surface area contributed by atoms with Crippen LogP contribution in [0, 0.1) is 34.5 Å². The topological polar surface area (TPSA) is 236 Å². The van der Waals surface area contributed by atoms with Gasteiger partial charge in [0.25, 0.3) is 0 Å². The molecule has 0 radical (unpaired) electrons. The zero-order valence-electron chi connectivity index (χ0n) is 100. The lowest BCUT2D eigenvalue weighted by Gasteiger charge is -2.21. The van der Waals surface area contributed by atoms with Crippen molar-refractivity contribution in [2.24, 2.45) is 0 Å². The van der Waals surface area contributed by atoms with Crippen molar-refractivity contribution in [3.63, 3.8) is 0 Å². The average Bonchev–Trinajstić information content (AvgIpc) is 0.799. The van der Waals surface area contributed by atoms with Gasteiger partial charge in [0.05, 0.1) is 77.3 Å². The third kappa shape index (κ3) is 56.2. The molecule has 0 spiro atoms. The predicted octanol–water partition coefficient (Wildman–Crippen LogP) is 38.1. The molecule has 0 amide bonds. The van der Waals surface area contributed by atoms with Crippen molar-refractivity contribution < 1.29 is 71.1 Å². The van der Waals surface area contributed by atoms with Crippen molar-refractivity contribution in [2.45, 2.75) is 437 Å². The normalized spacial score (nSPS) is 12.2. The van der Waals surface area contributed by atoms with Crippen LogP contribution >= 0.6 is 7.60 Å². The second kappa shape index (κ2) is 80.4. The van der Waals surface area contributed by atoms with E-state index in [1.165, 1.54) is 170 Å². The number of nitrogens with zero attached hydrogens (tertiary/aromatic N) is 2. The van der Waals surface area contributed by atoms with Gasteiger partial charge in [-0.05, 0) is 299 Å². The lowest BCUT2D eigenvalue weighted by molar-refractivity contribution is -0.138. The number of carboxylic acid groups (broad SMARTS) is 1. The fourth-order valence-electron chi connectivity index (χ4n) is 16.0. The molecular weight excluding hydrogens is 1880 g/mol. The first kappa shape index (κ1) is 140. The van der Waals surface area contributed by atoms with Gasteiger partial charge in [-0.25, -0.2) is 14.4 Å². The van der Waals surface area contributed by atoms with E-state index < -0.39 is 19.5 Å². The summed E-state index contributed by atoms with van der Waals surface area (Å²) >= 11 is 0. The molecule has 1 N–H and O–H groups in total. The second-order valence-corrected chi connectivity index (χ2v) is 44.0. The van der Waals surface area contributed by atoms with Crippen LogP contribution in [0.2, 0.25) is 0 Å². The Morgan fingerprint density at radius 1 is 0.347 bits per heavy atom. The maximum Gasteiger partial charge on any atom is 0.334 e. The maximum absolute atomic E-state index is 12.1. The molecule has 0 saturated heterocycles. The first-order valence-electron chi connectivity index (χ1n) is 56.5. The van der Waals surface area contributed by atoms with Gasteiger partial charge in [0.1, 0.15) is 35.0 Å². The van der Waals surface area contributed by atoms with Crippen molar-refractivity contribution in [1.82, 2.24) is 0 Å². The summed E-state index contributed by atoms with van der Waals surface area (Å²) in [7, 11) is -3.13. The second-order valence-electron chi connectivity index (χ2n) is 42.0. The highest BCUT2D eigenvalue weighted by Crippen LogP contribution is 2.50. The van der Waals surface area contributed by atoms with Gasteiger partial charge in [0, 0.05) is 52.5 Å². The third-order valence-electron chi connectivity index (χ3n) is 25.1. The van der Waals surface area contributed by atoms with Crippen molar-refractivity contribution in [2.75, 3.05) is 65.6 Å². The van der Waals surface area contributed by atoms with E-state index >= 15 is 0 Å². The number of esters is 2. The summed E-state index contributed by atoms with van der Waals surface area (Å²) in [5.41, 5.74) is 24.4. The van der Waals surface area contributed by atoms with E-state index in [4.69, 9.17) is 57.8 Å². The van der Waals surface area contributed by atoms with Crippen molar-refractivity contribution in [3.8, 4) is 52.7 Å². The fourth-order valence-corrected chi connectivity index (χ4v) is 17.8. The molecule has 0 fully saturated rings. The summed E-state index contributed by atoms with van der Waals surface area (Å²) in [4.78, 5) is 44.6. The van der Waals surface area contributed by atoms with Crippen LogP contribution in [0.1, 0.15) is 520 Å². The summed E-state index contributed by atoms with van der Waals surface area (Å²) in [5.74, 6) is 12.7. The van der Waals surface area contributed by atoms with Crippen LogP contribution < -0.4 is 23.7 Å². The summed E-state index contributed by atoms with van der Waals surface area (Å²) in [5, 5.41) is 26.7. The van der Waals surface area contributed by atoms with Gasteiger partial charge in [-0.1, -0.05) is 342 Å². The number of aldehydes is 1. The molecule has 5 aromatic carbocycles. The monoisotopic (exact) mass is 2090 g/mol. The van der Waals surface area contributed by atoms with Crippen LogP contribution in [-0.4, -0.2) is 94.9 Å². The first-order chi connectivity index (χ1) is 71.2. The van der Waals surface area contributed by atoms with Gasteiger partial charge < -0.3 is 47.3 Å². The average molecular weight is 2090 g/mol. The highest BCUT2D eigenvalue weighted by atomic mass is 31.2. The molecule has 0 atom stereocenters. The minimum Gasteiger partial charge on any atom is -0.493 e. The van der Waals surface area contributed by atoms with Crippen LogP contribution in [0.5, 0.6) is 28.7 Å². The fraction of sp³-hybridized carbons (Fsp3) is 0.576. The molecule has 834 valence electrons. The molecule has 18 heteroatoms. The standard InChI is InChI=1S/C29H44O3.C27H40O3.C22H33NO.C22H34O2.C21H29NO.C11H21O5P/c1-9-11-12-13-17-32-29-26(22(5)6)19-25(21(3)4)20-27(29)24(8)16-14-15-23(7)18-28(30)31-10-2;1-8-9-10-11-15-30-27-24(20(4)5)17-23(19(2)3)18-25(27)22(7)14-12-13-21(6)16-26(28)29;2*1-7-8-9-10-13-24-22-20(17(4)5)14-19(16(2)3)15-21(22)18(6)11-12-23;1-6-7-8-9-13-23-21-18(11-10-12-22)14-19(16(2)3)15-20(21)17(4)5;1-5-14-11(12)8-10(4)9-17(13,15-6-2)16-7-3/h14-16,18-22H,9-13,17H2,1-8H3;12-14,16-20H,8-11,15H2,1-7H3,(H,28,29);11,14-17H,7-10,13H2,1-6H3;11-12,14-17H,7-10,13H2,1-6H3;14-17H,6-9,13H2,1-5H3;8H,5-7,9H2,1-4H3/b15-14+,23-18+,24-16-;13-12+,21-16+,22-14-;2*18-11-;;10-8-. The quantitative estimate of drug-likeness (QED) is 0.00556. The number of allylic oxidation sites excluding steroid dienone is 15. The SMILES string of the molecule is CCCCCCOc1c(/C(C)=C\C#N)cc(C(C)C)cc1C(C)C.CCCCCCOc1c(/C(C)=C\C=O)cc(C(C)C)cc1C(C)C.CCCCCCOc1c(C#CC#N)cc(C(C)C)cc1C(C)C.CCCCCCOc1c(\C(C)=C/C=C/C(C)=C/C(=O)O)cc(C(C)C)cc1C(C)C.CCCCCCOc1c(\C(C)=C/C=C/C(C)=C/C(=O)OCC)cc(C(C)C)cc1C(C)C.CCOC(=O)/C=C(/C)CP(=O)(OCC)OCC. The third-order valence-corrected chi connectivity index (χ3v) is 27.2. The number of carbonyl (C=O) groups excluding carboxylic acids is 3. The Hall–Kier alpha value is -10.5. The Balaban J connectivity index is 0.00000179. The van der Waals surface area contributed by atoms with E-state index in [0.717, 1.165) is 149 Å². The maximum atomic E-state index is 12.1. The predicted molar refractivity (Wildman–Crippen MR) is 636 cm³/mol. The number of ether oxygens (including phenoxy) is 7. The number of carbonyl (C=O) groups is 4. The lowest BCUT2D eigenvalue weighted by Crippen LogP contribution is -2.06. The summed E-state index contributed by atoms with van der Waals surface area (Å²) < 4.78 is 63.4. The number of nitriles is 2. The zero-order valence-corrected chi connectivity index (χ0v) is 101. The van der Waals surface area contributed by atoms with Crippen LogP contribution in [0.25, 0.3) is 22.3 Å². The van der Waals surface area contributed by atoms with Crippen LogP contribution in [0.15, 0.2) is 144 Å². The van der Waals surface area contributed by atoms with Crippen molar-refractivity contribution in [3.05, 3.63) is 228 Å². The zero-order chi connectivity index (χ0) is 114. The molecule has 0 bridgehead atoms. The minimum absolute atomic E-state index is 0.105. The Labute approximate surface area is 912 Å². The molecule has 0 aliphatic carbocycles. The molecule has 5 aromatic rings. The Bertz CT molecular complexity index is 5300. The van der Waals surface area contributed by atoms with E-state index in [-0.39, 0.29) is 12.1 Å².